The van der Waals surface area contributed by atoms with Crippen molar-refractivity contribution in [3.05, 3.63) is 53.7 Å². The maximum Gasteiger partial charge on any atom is 0.284 e. The Morgan fingerprint density at radius 2 is 1.93 bits per heavy atom. The van der Waals surface area contributed by atoms with Crippen molar-refractivity contribution < 1.29 is 17.6 Å². The molecular weight excluding hydrogens is 382 g/mol. The summed E-state index contributed by atoms with van der Waals surface area (Å²) < 4.78 is 33.9. The van der Waals surface area contributed by atoms with Gasteiger partial charge in [-0.2, -0.15) is 4.31 Å². The number of aromatic nitrogens is 2. The first-order valence-electron chi connectivity index (χ1n) is 8.90. The Kier molecular flexibility index (Phi) is 4.69. The first-order valence-corrected chi connectivity index (χ1v) is 10.3. The highest BCUT2D eigenvalue weighted by Gasteiger charge is 2.31. The Bertz CT molecular complexity index is 1130. The molecule has 0 aliphatic carbocycles. The minimum absolute atomic E-state index is 0.167. The van der Waals surface area contributed by atoms with E-state index in [9.17, 15) is 13.2 Å². The van der Waals surface area contributed by atoms with E-state index in [4.69, 9.17) is 10.2 Å². The van der Waals surface area contributed by atoms with Gasteiger partial charge in [0.15, 0.2) is 5.76 Å². The highest BCUT2D eigenvalue weighted by atomic mass is 32.2. The number of carbonyl (C=O) groups is 1. The number of rotatable bonds is 5. The second-order valence-corrected chi connectivity index (χ2v) is 8.66. The zero-order valence-corrected chi connectivity index (χ0v) is 16.2. The summed E-state index contributed by atoms with van der Waals surface area (Å²) in [6, 6.07) is 8.51. The number of nitrogens with zero attached hydrogens (tertiary/aromatic N) is 4. The Morgan fingerprint density at radius 3 is 2.57 bits per heavy atom. The fourth-order valence-corrected chi connectivity index (χ4v) is 4.68. The van der Waals surface area contributed by atoms with Crippen molar-refractivity contribution >= 4 is 21.6 Å². The van der Waals surface area contributed by atoms with E-state index in [-0.39, 0.29) is 10.9 Å². The number of hydrogen-bond donors (Lipinski definition) is 1. The second kappa shape index (κ2) is 7.04. The van der Waals surface area contributed by atoms with Crippen LogP contribution in [0.2, 0.25) is 0 Å². The molecule has 3 aromatic heterocycles. The van der Waals surface area contributed by atoms with Crippen LogP contribution in [0, 0.1) is 6.92 Å². The normalized spacial score (nSPS) is 16.6. The van der Waals surface area contributed by atoms with Crippen LogP contribution in [0.25, 0.3) is 5.65 Å². The molecule has 3 aromatic rings. The van der Waals surface area contributed by atoms with Gasteiger partial charge in [0.2, 0.25) is 5.09 Å². The summed E-state index contributed by atoms with van der Waals surface area (Å²) in [7, 11) is -3.78. The number of imidazole rings is 1. The van der Waals surface area contributed by atoms with E-state index in [2.05, 4.69) is 9.88 Å². The molecule has 0 unspecified atom stereocenters. The molecule has 9 nitrogen and oxygen atoms in total. The Morgan fingerprint density at radius 1 is 1.18 bits per heavy atom. The summed E-state index contributed by atoms with van der Waals surface area (Å²) in [5.41, 5.74) is 8.08. The summed E-state index contributed by atoms with van der Waals surface area (Å²) in [6.07, 6.45) is 2.02. The Balaban J connectivity index is 1.42. The van der Waals surface area contributed by atoms with Crippen molar-refractivity contribution in [1.82, 2.24) is 18.6 Å². The van der Waals surface area contributed by atoms with E-state index in [1.54, 1.807) is 0 Å². The van der Waals surface area contributed by atoms with Crippen molar-refractivity contribution in [2.75, 3.05) is 26.2 Å². The SMILES string of the molecule is Cc1cccc2nc(CN3CCN(S(=O)(=O)c4ccc(C(N)=O)o4)CC3)cn12. The zero-order valence-electron chi connectivity index (χ0n) is 15.4. The van der Waals surface area contributed by atoms with Gasteiger partial charge in [0.25, 0.3) is 15.9 Å². The molecule has 0 aromatic carbocycles. The molecule has 1 aliphatic heterocycles. The van der Waals surface area contributed by atoms with E-state index < -0.39 is 15.9 Å². The summed E-state index contributed by atoms with van der Waals surface area (Å²) in [4.78, 5) is 17.9. The minimum Gasteiger partial charge on any atom is -0.438 e. The molecule has 1 saturated heterocycles. The maximum absolute atomic E-state index is 12.7. The number of nitrogens with two attached hydrogens (primary N) is 1. The van der Waals surface area contributed by atoms with E-state index in [1.165, 1.54) is 16.4 Å². The summed E-state index contributed by atoms with van der Waals surface area (Å²) in [5, 5.41) is -0.259. The lowest BCUT2D eigenvalue weighted by atomic mass is 10.3. The third kappa shape index (κ3) is 3.41. The molecule has 4 rings (SSSR count). The number of fused-ring (bicyclic) bond motifs is 1. The smallest absolute Gasteiger partial charge is 0.284 e. The monoisotopic (exact) mass is 403 g/mol. The van der Waals surface area contributed by atoms with Crippen molar-refractivity contribution in [2.24, 2.45) is 5.73 Å². The molecule has 10 heteroatoms. The number of amides is 1. The van der Waals surface area contributed by atoms with Gasteiger partial charge in [-0.25, -0.2) is 13.4 Å². The number of aryl methyl sites for hydroxylation is 1. The molecule has 28 heavy (non-hydrogen) atoms. The molecule has 0 saturated carbocycles. The average molecular weight is 403 g/mol. The summed E-state index contributed by atoms with van der Waals surface area (Å²) in [5.74, 6) is -0.965. The van der Waals surface area contributed by atoms with E-state index in [1.807, 2.05) is 35.7 Å². The standard InChI is InChI=1S/C18H21N5O4S/c1-13-3-2-4-16-20-14(12-23(13)16)11-21-7-9-22(10-8-21)28(25,26)17-6-5-15(27-17)18(19)24/h2-6,12H,7-11H2,1H3,(H2,19,24). The van der Waals surface area contributed by atoms with Crippen LogP contribution in [0.3, 0.4) is 0 Å². The number of carbonyl (C=O) groups excluding carboxylic acids is 1. The van der Waals surface area contributed by atoms with Gasteiger partial charge in [0.1, 0.15) is 5.65 Å². The lowest BCUT2D eigenvalue weighted by Gasteiger charge is -2.32. The van der Waals surface area contributed by atoms with Gasteiger partial charge < -0.3 is 14.6 Å². The number of piperazine rings is 1. The maximum atomic E-state index is 12.7. The lowest BCUT2D eigenvalue weighted by molar-refractivity contribution is 0.0968. The van der Waals surface area contributed by atoms with Gasteiger partial charge in [-0.1, -0.05) is 6.07 Å². The highest BCUT2D eigenvalue weighted by Crippen LogP contribution is 2.21. The van der Waals surface area contributed by atoms with E-state index >= 15 is 0 Å². The minimum atomic E-state index is -3.78. The van der Waals surface area contributed by atoms with Crippen molar-refractivity contribution in [3.8, 4) is 0 Å². The number of primary amides is 1. The number of furan rings is 1. The van der Waals surface area contributed by atoms with E-state index in [0.29, 0.717) is 32.7 Å². The van der Waals surface area contributed by atoms with Crippen LogP contribution in [0.1, 0.15) is 21.9 Å². The lowest BCUT2D eigenvalue weighted by Crippen LogP contribution is -2.48. The second-order valence-electron chi connectivity index (χ2n) is 6.79. The van der Waals surface area contributed by atoms with Gasteiger partial charge in [-0.15, -0.1) is 0 Å². The van der Waals surface area contributed by atoms with Gasteiger partial charge in [0, 0.05) is 44.6 Å². The molecule has 1 fully saturated rings. The number of hydrogen-bond acceptors (Lipinski definition) is 6. The predicted octanol–water partition coefficient (Wildman–Crippen LogP) is 0.841. The average Bonchev–Trinajstić information content (AvgIpc) is 3.30. The fourth-order valence-electron chi connectivity index (χ4n) is 3.35. The summed E-state index contributed by atoms with van der Waals surface area (Å²) in [6.45, 7) is 4.51. The Hall–Kier alpha value is -2.69. The van der Waals surface area contributed by atoms with Crippen LogP contribution in [0.15, 0.2) is 46.0 Å². The molecule has 1 aliphatic rings. The van der Waals surface area contributed by atoms with Crippen molar-refractivity contribution in [3.63, 3.8) is 0 Å². The molecule has 0 spiro atoms. The third-order valence-electron chi connectivity index (χ3n) is 4.88. The van der Waals surface area contributed by atoms with Crippen LogP contribution in [-0.2, 0) is 16.6 Å². The molecule has 0 atom stereocenters. The third-order valence-corrected chi connectivity index (χ3v) is 6.65. The largest absolute Gasteiger partial charge is 0.438 e. The predicted molar refractivity (Wildman–Crippen MR) is 101 cm³/mol. The topological polar surface area (TPSA) is 114 Å². The highest BCUT2D eigenvalue weighted by molar-refractivity contribution is 7.89. The van der Waals surface area contributed by atoms with Gasteiger partial charge in [-0.3, -0.25) is 9.69 Å². The Labute approximate surface area is 162 Å². The number of sulfonamides is 1. The van der Waals surface area contributed by atoms with Crippen LogP contribution in [0.4, 0.5) is 0 Å². The van der Waals surface area contributed by atoms with Crippen molar-refractivity contribution in [1.29, 1.82) is 0 Å². The first kappa shape index (κ1) is 18.7. The van der Waals surface area contributed by atoms with Gasteiger partial charge in [-0.05, 0) is 31.2 Å². The molecule has 148 valence electrons. The van der Waals surface area contributed by atoms with Gasteiger partial charge >= 0.3 is 0 Å². The van der Waals surface area contributed by atoms with E-state index in [0.717, 1.165) is 17.0 Å². The quantitative estimate of drug-likeness (QED) is 0.675. The fraction of sp³-hybridized carbons (Fsp3) is 0.333. The molecular formula is C18H21N5O4S. The molecule has 0 radical (unpaired) electrons. The van der Waals surface area contributed by atoms with Crippen molar-refractivity contribution in [2.45, 2.75) is 18.6 Å². The van der Waals surface area contributed by atoms with Crippen LogP contribution < -0.4 is 5.73 Å². The molecule has 2 N–H and O–H groups in total. The molecule has 4 heterocycles. The zero-order chi connectivity index (χ0) is 19.9. The van der Waals surface area contributed by atoms with Crippen LogP contribution >= 0.6 is 0 Å². The first-order chi connectivity index (χ1) is 13.3. The van der Waals surface area contributed by atoms with Gasteiger partial charge in [0.05, 0.1) is 5.69 Å². The summed E-state index contributed by atoms with van der Waals surface area (Å²) >= 11 is 0. The molecule has 0 bridgehead atoms. The number of pyridine rings is 1. The van der Waals surface area contributed by atoms with Crippen LogP contribution in [-0.4, -0.2) is 59.1 Å². The van der Waals surface area contributed by atoms with Crippen LogP contribution in [0.5, 0.6) is 0 Å². The molecule has 1 amide bonds.